The van der Waals surface area contributed by atoms with Gasteiger partial charge in [-0.25, -0.2) is 0 Å². The first-order valence-electron chi connectivity index (χ1n) is 16.6. The third kappa shape index (κ3) is 8.07. The lowest BCUT2D eigenvalue weighted by atomic mass is 9.92. The highest BCUT2D eigenvalue weighted by molar-refractivity contribution is 8.04. The van der Waals surface area contributed by atoms with Gasteiger partial charge in [-0.05, 0) is 67.2 Å². The van der Waals surface area contributed by atoms with Gasteiger partial charge in [0.05, 0.1) is 4.91 Å². The first kappa shape index (κ1) is 31.6. The summed E-state index contributed by atoms with van der Waals surface area (Å²) in [5.41, 5.74) is 6.66. The van der Waals surface area contributed by atoms with Crippen LogP contribution < -0.4 is 5.32 Å². The first-order valence-corrected chi connectivity index (χ1v) is 17.4. The monoisotopic (exact) mass is 622 g/mol. The van der Waals surface area contributed by atoms with Crippen LogP contribution in [-0.2, 0) is 17.9 Å². The zero-order valence-corrected chi connectivity index (χ0v) is 27.5. The fraction of sp³-hybridized carbons (Fsp3) is 0.421. The van der Waals surface area contributed by atoms with E-state index in [1.54, 1.807) is 11.8 Å². The Labute approximate surface area is 272 Å². The Kier molecular flexibility index (Phi) is 10.4. The molecule has 2 unspecified atom stereocenters. The number of benzene rings is 3. The fourth-order valence-corrected chi connectivity index (χ4v) is 8.31. The molecule has 2 aliphatic heterocycles. The molecule has 3 aromatic carbocycles. The molecule has 1 aliphatic carbocycles. The van der Waals surface area contributed by atoms with Crippen LogP contribution in [0.1, 0.15) is 63.9 Å². The molecule has 0 bridgehead atoms. The van der Waals surface area contributed by atoms with Crippen LogP contribution in [-0.4, -0.2) is 77.1 Å². The summed E-state index contributed by atoms with van der Waals surface area (Å²) < 4.78 is 0. The van der Waals surface area contributed by atoms with Crippen LogP contribution in [0, 0.1) is 13.8 Å². The second-order valence-corrected chi connectivity index (χ2v) is 14.1. The summed E-state index contributed by atoms with van der Waals surface area (Å²) in [4.78, 5) is 34.6. The van der Waals surface area contributed by atoms with E-state index in [9.17, 15) is 9.59 Å². The van der Waals surface area contributed by atoms with Gasteiger partial charge in [-0.3, -0.25) is 19.4 Å². The number of hydrogen-bond acceptors (Lipinski definition) is 5. The van der Waals surface area contributed by atoms with E-state index in [0.717, 1.165) is 62.6 Å². The predicted octanol–water partition coefficient (Wildman–Crippen LogP) is 6.28. The maximum absolute atomic E-state index is 13.9. The molecule has 2 atom stereocenters. The summed E-state index contributed by atoms with van der Waals surface area (Å²) in [6, 6.07) is 25.1. The number of carbonyl (C=O) groups is 2. The van der Waals surface area contributed by atoms with Crippen LogP contribution >= 0.6 is 11.8 Å². The summed E-state index contributed by atoms with van der Waals surface area (Å²) >= 11 is 1.76. The lowest BCUT2D eigenvalue weighted by Crippen LogP contribution is -2.50. The van der Waals surface area contributed by atoms with Crippen molar-refractivity contribution in [3.8, 4) is 0 Å². The van der Waals surface area contributed by atoms with E-state index >= 15 is 0 Å². The SMILES string of the molecule is Cc1ccc(C)c(CN2C(=O)/C(=C\c3ccc(C(=O)NCCN4CCN(Cc5ccccc5)CC4)cc3)SC3CCCCC32)c1. The number of rotatable bonds is 9. The molecule has 6 nitrogen and oxygen atoms in total. The Morgan fingerprint density at radius 2 is 1.62 bits per heavy atom. The zero-order valence-electron chi connectivity index (χ0n) is 26.7. The summed E-state index contributed by atoms with van der Waals surface area (Å²) in [5.74, 6) is 0.0801. The lowest BCUT2D eigenvalue weighted by molar-refractivity contribution is -0.130. The van der Waals surface area contributed by atoms with Gasteiger partial charge in [-0.1, -0.05) is 79.1 Å². The molecule has 6 rings (SSSR count). The number of nitrogens with one attached hydrogen (secondary N) is 1. The van der Waals surface area contributed by atoms with Crippen molar-refractivity contribution in [2.24, 2.45) is 0 Å². The van der Waals surface area contributed by atoms with Gasteiger partial charge in [-0.15, -0.1) is 11.8 Å². The molecule has 3 aromatic rings. The minimum atomic E-state index is -0.0511. The number of carbonyl (C=O) groups excluding carboxylic acids is 2. The van der Waals surface area contributed by atoms with E-state index < -0.39 is 0 Å². The van der Waals surface area contributed by atoms with Crippen LogP contribution in [0.3, 0.4) is 0 Å². The molecule has 3 fully saturated rings. The number of nitrogens with zero attached hydrogens (tertiary/aromatic N) is 3. The Balaban J connectivity index is 1.02. The Hall–Kier alpha value is -3.39. The topological polar surface area (TPSA) is 55.9 Å². The third-order valence-corrected chi connectivity index (χ3v) is 11.0. The second-order valence-electron chi connectivity index (χ2n) is 12.9. The van der Waals surface area contributed by atoms with Gasteiger partial charge in [0.25, 0.3) is 11.8 Å². The number of piperazine rings is 1. The minimum Gasteiger partial charge on any atom is -0.351 e. The van der Waals surface area contributed by atoms with Crippen molar-refractivity contribution in [3.05, 3.63) is 111 Å². The van der Waals surface area contributed by atoms with Crippen molar-refractivity contribution in [2.75, 3.05) is 39.3 Å². The van der Waals surface area contributed by atoms with Gasteiger partial charge in [0, 0.05) is 69.2 Å². The van der Waals surface area contributed by atoms with E-state index in [4.69, 9.17) is 0 Å². The van der Waals surface area contributed by atoms with Crippen molar-refractivity contribution in [1.82, 2.24) is 20.0 Å². The van der Waals surface area contributed by atoms with Crippen molar-refractivity contribution < 1.29 is 9.59 Å². The van der Waals surface area contributed by atoms with Crippen LogP contribution in [0.4, 0.5) is 0 Å². The highest BCUT2D eigenvalue weighted by Crippen LogP contribution is 2.43. The van der Waals surface area contributed by atoms with Crippen LogP contribution in [0.2, 0.25) is 0 Å². The standard InChI is InChI=1S/C38H46N4O2S/c1-28-12-13-29(2)33(24-28)27-42-34-10-6-7-11-35(34)45-36(38(42)44)25-30-14-16-32(17-15-30)37(43)39-18-19-40-20-22-41(23-21-40)26-31-8-4-3-5-9-31/h3-5,8-9,12-17,24-25,34-35H,6-7,10-11,18-23,26-27H2,1-2H3,(H,39,43)/b36-25+. The van der Waals surface area contributed by atoms with Gasteiger partial charge in [0.15, 0.2) is 0 Å². The number of fused-ring (bicyclic) bond motifs is 1. The highest BCUT2D eigenvalue weighted by atomic mass is 32.2. The van der Waals surface area contributed by atoms with Crippen molar-refractivity contribution in [3.63, 3.8) is 0 Å². The normalized spacial score (nSPS) is 22.0. The summed E-state index contributed by atoms with van der Waals surface area (Å²) in [6.07, 6.45) is 6.65. The summed E-state index contributed by atoms with van der Waals surface area (Å²) in [6.45, 7) is 11.5. The van der Waals surface area contributed by atoms with E-state index in [-0.39, 0.29) is 17.9 Å². The maximum Gasteiger partial charge on any atom is 0.260 e. The second kappa shape index (κ2) is 14.8. The van der Waals surface area contributed by atoms with Crippen molar-refractivity contribution >= 4 is 29.7 Å². The lowest BCUT2D eigenvalue weighted by Gasteiger charge is -2.44. The maximum atomic E-state index is 13.9. The van der Waals surface area contributed by atoms with Gasteiger partial charge in [-0.2, -0.15) is 0 Å². The summed E-state index contributed by atoms with van der Waals surface area (Å²) in [7, 11) is 0. The molecule has 1 N–H and O–H groups in total. The quantitative estimate of drug-likeness (QED) is 0.285. The van der Waals surface area contributed by atoms with Gasteiger partial charge in [0.2, 0.25) is 0 Å². The van der Waals surface area contributed by atoms with Crippen LogP contribution in [0.5, 0.6) is 0 Å². The Morgan fingerprint density at radius 1 is 0.889 bits per heavy atom. The highest BCUT2D eigenvalue weighted by Gasteiger charge is 2.40. The van der Waals surface area contributed by atoms with Gasteiger partial charge in [0.1, 0.15) is 0 Å². The van der Waals surface area contributed by atoms with Crippen molar-refractivity contribution in [1.29, 1.82) is 0 Å². The molecular weight excluding hydrogens is 577 g/mol. The van der Waals surface area contributed by atoms with E-state index in [1.807, 2.05) is 30.3 Å². The molecular formula is C38H46N4O2S. The van der Waals surface area contributed by atoms with Crippen LogP contribution in [0.15, 0.2) is 77.7 Å². The third-order valence-electron chi connectivity index (χ3n) is 9.56. The molecule has 3 aliphatic rings. The van der Waals surface area contributed by atoms with Crippen molar-refractivity contribution in [2.45, 2.75) is 63.9 Å². The summed E-state index contributed by atoms with van der Waals surface area (Å²) in [5, 5.41) is 3.53. The fourth-order valence-electron chi connectivity index (χ4n) is 6.84. The van der Waals surface area contributed by atoms with E-state index in [2.05, 4.69) is 82.4 Å². The Bertz CT molecular complexity index is 1500. The van der Waals surface area contributed by atoms with E-state index in [0.29, 0.717) is 23.9 Å². The largest absolute Gasteiger partial charge is 0.351 e. The molecule has 0 aromatic heterocycles. The zero-order chi connectivity index (χ0) is 31.2. The average Bonchev–Trinajstić information content (AvgIpc) is 3.06. The molecule has 236 valence electrons. The first-order chi connectivity index (χ1) is 21.9. The predicted molar refractivity (Wildman–Crippen MR) is 185 cm³/mol. The average molecular weight is 623 g/mol. The molecule has 1 saturated carbocycles. The molecule has 2 amide bonds. The molecule has 0 spiro atoms. The molecule has 0 radical (unpaired) electrons. The number of amides is 2. The Morgan fingerprint density at radius 3 is 2.40 bits per heavy atom. The van der Waals surface area contributed by atoms with Gasteiger partial charge < -0.3 is 10.2 Å². The number of hydrogen-bond donors (Lipinski definition) is 1. The molecule has 7 heteroatoms. The number of thioether (sulfide) groups is 1. The van der Waals surface area contributed by atoms with Gasteiger partial charge >= 0.3 is 0 Å². The van der Waals surface area contributed by atoms with Crippen LogP contribution in [0.25, 0.3) is 6.08 Å². The minimum absolute atomic E-state index is 0.0511. The molecule has 2 saturated heterocycles. The molecule has 45 heavy (non-hydrogen) atoms. The molecule has 2 heterocycles. The smallest absolute Gasteiger partial charge is 0.260 e. The van der Waals surface area contributed by atoms with E-state index in [1.165, 1.54) is 35.1 Å². The number of aryl methyl sites for hydroxylation is 2.